The largest absolute Gasteiger partial charge is 0.486 e. The number of benzene rings is 1. The Hall–Kier alpha value is -3.14. The van der Waals surface area contributed by atoms with Crippen molar-refractivity contribution in [1.29, 1.82) is 0 Å². The highest BCUT2D eigenvalue weighted by atomic mass is 35.5. The molecular formula is C24H23Cl2N7O2. The summed E-state index contributed by atoms with van der Waals surface area (Å²) >= 11 is 12.6. The summed E-state index contributed by atoms with van der Waals surface area (Å²) in [5, 5.41) is 12.6. The van der Waals surface area contributed by atoms with Gasteiger partial charge in [-0.1, -0.05) is 23.2 Å². The van der Waals surface area contributed by atoms with Crippen molar-refractivity contribution >= 4 is 40.0 Å². The van der Waals surface area contributed by atoms with Gasteiger partial charge in [-0.15, -0.1) is 0 Å². The summed E-state index contributed by atoms with van der Waals surface area (Å²) < 4.78 is 6.16. The van der Waals surface area contributed by atoms with Gasteiger partial charge in [-0.05, 0) is 44.5 Å². The highest BCUT2D eigenvalue weighted by Gasteiger charge is 2.33. The van der Waals surface area contributed by atoms with E-state index in [4.69, 9.17) is 32.9 Å². The number of amides is 1. The van der Waals surface area contributed by atoms with Crippen molar-refractivity contribution < 1.29 is 9.53 Å². The van der Waals surface area contributed by atoms with E-state index >= 15 is 0 Å². The second-order valence-corrected chi connectivity index (χ2v) is 9.72. The molecular weight excluding hydrogens is 489 g/mol. The van der Waals surface area contributed by atoms with Crippen LogP contribution in [0.25, 0.3) is 22.4 Å². The lowest BCUT2D eigenvalue weighted by atomic mass is 10.1. The molecule has 0 aliphatic carbocycles. The molecule has 1 amide bonds. The maximum Gasteiger partial charge on any atom is 0.240 e. The van der Waals surface area contributed by atoms with Gasteiger partial charge in [-0.3, -0.25) is 14.9 Å². The monoisotopic (exact) mass is 511 g/mol. The molecule has 1 fully saturated rings. The zero-order valence-electron chi connectivity index (χ0n) is 18.9. The van der Waals surface area contributed by atoms with E-state index in [2.05, 4.69) is 25.5 Å². The number of nitrogens with zero attached hydrogens (tertiary/aromatic N) is 4. The zero-order chi connectivity index (χ0) is 24.1. The Labute approximate surface area is 211 Å². The van der Waals surface area contributed by atoms with Crippen molar-refractivity contribution in [3.05, 3.63) is 57.6 Å². The predicted molar refractivity (Wildman–Crippen MR) is 132 cm³/mol. The fourth-order valence-corrected chi connectivity index (χ4v) is 5.51. The Morgan fingerprint density at radius 2 is 2.06 bits per heavy atom. The van der Waals surface area contributed by atoms with E-state index in [0.29, 0.717) is 46.0 Å². The minimum atomic E-state index is -0.379. The molecule has 9 nitrogen and oxygen atoms in total. The van der Waals surface area contributed by atoms with Gasteiger partial charge in [-0.2, -0.15) is 5.10 Å². The number of aromatic nitrogens is 5. The number of nitrogens with one attached hydrogen (secondary N) is 3. The van der Waals surface area contributed by atoms with E-state index in [9.17, 15) is 4.79 Å². The molecule has 0 radical (unpaired) electrons. The molecule has 4 aromatic rings. The first-order valence-corrected chi connectivity index (χ1v) is 12.3. The second kappa shape index (κ2) is 8.82. The first-order chi connectivity index (χ1) is 17.0. The summed E-state index contributed by atoms with van der Waals surface area (Å²) in [5.74, 6) is 1.46. The highest BCUT2D eigenvalue weighted by Crippen LogP contribution is 2.35. The van der Waals surface area contributed by atoms with Crippen LogP contribution in [0.1, 0.15) is 42.8 Å². The molecule has 11 heteroatoms. The standard InChI is InChI=1S/C24H23Cl2N7O2/c1-12(21-15(25)8-27-9-16(21)26)35-13-4-5-17-14(7-13)22(32-31-17)23-29-19-10-33(11-20(19)30-23)24(34)18-3-2-6-28-18/h4-5,7-9,12,18,28H,2-3,6,10-11H2,1H3,(H,29,30)(H,31,32)/t12?,18-/m0/s1. The fourth-order valence-electron chi connectivity index (χ4n) is 4.84. The molecule has 1 saturated heterocycles. The highest BCUT2D eigenvalue weighted by molar-refractivity contribution is 6.35. The minimum absolute atomic E-state index is 0.0773. The van der Waals surface area contributed by atoms with Gasteiger partial charge in [0.05, 0.1) is 46.1 Å². The third kappa shape index (κ3) is 4.03. The first kappa shape index (κ1) is 22.3. The van der Waals surface area contributed by atoms with Gasteiger partial charge in [-0.25, -0.2) is 4.98 Å². The number of hydrogen-bond acceptors (Lipinski definition) is 6. The normalized spacial score (nSPS) is 18.3. The number of rotatable bonds is 5. The van der Waals surface area contributed by atoms with Crippen molar-refractivity contribution in [2.75, 3.05) is 6.54 Å². The number of aromatic amines is 2. The number of fused-ring (bicyclic) bond motifs is 2. The molecule has 2 aliphatic heterocycles. The van der Waals surface area contributed by atoms with E-state index < -0.39 is 0 Å². The predicted octanol–water partition coefficient (Wildman–Crippen LogP) is 4.39. The van der Waals surface area contributed by atoms with E-state index in [-0.39, 0.29) is 18.1 Å². The SMILES string of the molecule is CC(Oc1ccc2[nH]nc(-c3nc4c([nH]3)CN(C(=O)[C@@H]3CCCN3)C4)c2c1)c1c(Cl)cncc1Cl. The summed E-state index contributed by atoms with van der Waals surface area (Å²) in [6.07, 6.45) is 4.65. The lowest BCUT2D eigenvalue weighted by Crippen LogP contribution is -2.41. The molecule has 2 aliphatic rings. The number of ether oxygens (including phenoxy) is 1. The third-order valence-electron chi connectivity index (χ3n) is 6.59. The van der Waals surface area contributed by atoms with Gasteiger partial charge < -0.3 is 19.9 Å². The summed E-state index contributed by atoms with van der Waals surface area (Å²) in [4.78, 5) is 26.7. The maximum absolute atomic E-state index is 12.7. The van der Waals surface area contributed by atoms with Crippen molar-refractivity contribution in [3.8, 4) is 17.3 Å². The molecule has 180 valence electrons. The molecule has 5 heterocycles. The lowest BCUT2D eigenvalue weighted by Gasteiger charge is -2.19. The Bertz CT molecular complexity index is 1380. The average Bonchev–Trinajstić information content (AvgIpc) is 3.61. The van der Waals surface area contributed by atoms with Gasteiger partial charge in [0.2, 0.25) is 5.91 Å². The molecule has 0 spiro atoms. The molecule has 0 saturated carbocycles. The van der Waals surface area contributed by atoms with Crippen LogP contribution in [0.5, 0.6) is 5.75 Å². The van der Waals surface area contributed by atoms with Gasteiger partial charge in [0.1, 0.15) is 17.5 Å². The third-order valence-corrected chi connectivity index (χ3v) is 7.19. The molecule has 3 aromatic heterocycles. The molecule has 1 aromatic carbocycles. The van der Waals surface area contributed by atoms with Gasteiger partial charge in [0.25, 0.3) is 0 Å². The van der Waals surface area contributed by atoms with E-state index in [1.807, 2.05) is 30.0 Å². The summed E-state index contributed by atoms with van der Waals surface area (Å²) in [5.41, 5.74) is 4.07. The smallest absolute Gasteiger partial charge is 0.240 e. The molecule has 1 unspecified atom stereocenters. The number of hydrogen-bond donors (Lipinski definition) is 3. The van der Waals surface area contributed by atoms with Crippen LogP contribution >= 0.6 is 23.2 Å². The number of halogens is 2. The van der Waals surface area contributed by atoms with E-state index in [1.54, 1.807) is 12.4 Å². The van der Waals surface area contributed by atoms with Crippen LogP contribution in [0.3, 0.4) is 0 Å². The van der Waals surface area contributed by atoms with E-state index in [0.717, 1.165) is 41.7 Å². The quantitative estimate of drug-likeness (QED) is 0.366. The Morgan fingerprint density at radius 3 is 2.80 bits per heavy atom. The van der Waals surface area contributed by atoms with Gasteiger partial charge in [0, 0.05) is 23.3 Å². The van der Waals surface area contributed by atoms with Crippen LogP contribution in [0.4, 0.5) is 0 Å². The molecule has 6 rings (SSSR count). The van der Waals surface area contributed by atoms with Crippen LogP contribution < -0.4 is 10.1 Å². The number of imidazole rings is 1. The molecule has 2 atom stereocenters. The molecule has 3 N–H and O–H groups in total. The van der Waals surface area contributed by atoms with Crippen molar-refractivity contribution in [2.45, 2.75) is 45.0 Å². The van der Waals surface area contributed by atoms with Crippen LogP contribution in [-0.4, -0.2) is 48.5 Å². The lowest BCUT2D eigenvalue weighted by molar-refractivity contribution is -0.133. The van der Waals surface area contributed by atoms with Crippen LogP contribution in [0.2, 0.25) is 10.0 Å². The number of carbonyl (C=O) groups is 1. The van der Waals surface area contributed by atoms with Crippen molar-refractivity contribution in [2.24, 2.45) is 0 Å². The molecule has 35 heavy (non-hydrogen) atoms. The summed E-state index contributed by atoms with van der Waals surface area (Å²) in [6, 6.07) is 5.62. The Balaban J connectivity index is 1.24. The Morgan fingerprint density at radius 1 is 1.23 bits per heavy atom. The first-order valence-electron chi connectivity index (χ1n) is 11.5. The summed E-state index contributed by atoms with van der Waals surface area (Å²) in [6.45, 7) is 3.82. The van der Waals surface area contributed by atoms with Gasteiger partial charge >= 0.3 is 0 Å². The Kier molecular flexibility index (Phi) is 5.63. The minimum Gasteiger partial charge on any atom is -0.486 e. The second-order valence-electron chi connectivity index (χ2n) is 8.91. The number of pyridine rings is 1. The number of carbonyl (C=O) groups excluding carboxylic acids is 1. The van der Waals surface area contributed by atoms with Crippen LogP contribution in [0.15, 0.2) is 30.6 Å². The molecule has 0 bridgehead atoms. The van der Waals surface area contributed by atoms with Crippen LogP contribution in [-0.2, 0) is 17.9 Å². The topological polar surface area (TPSA) is 112 Å². The van der Waals surface area contributed by atoms with E-state index in [1.165, 1.54) is 0 Å². The van der Waals surface area contributed by atoms with Crippen molar-refractivity contribution in [3.63, 3.8) is 0 Å². The zero-order valence-corrected chi connectivity index (χ0v) is 20.5. The van der Waals surface area contributed by atoms with Crippen molar-refractivity contribution in [1.82, 2.24) is 35.4 Å². The average molecular weight is 512 g/mol. The van der Waals surface area contributed by atoms with Crippen LogP contribution in [0, 0.1) is 0 Å². The fraction of sp³-hybridized carbons (Fsp3) is 0.333. The number of H-pyrrole nitrogens is 2. The van der Waals surface area contributed by atoms with Gasteiger partial charge in [0.15, 0.2) is 5.82 Å². The summed E-state index contributed by atoms with van der Waals surface area (Å²) in [7, 11) is 0. The maximum atomic E-state index is 12.7.